The number of thioether (sulfide) groups is 1. The Hall–Kier alpha value is -1.04. The van der Waals surface area contributed by atoms with Gasteiger partial charge in [-0.1, -0.05) is 32.0 Å². The normalized spacial score (nSPS) is 12.5. The van der Waals surface area contributed by atoms with Crippen LogP contribution in [0, 0.1) is 0 Å². The van der Waals surface area contributed by atoms with E-state index < -0.39 is 6.10 Å². The van der Waals surface area contributed by atoms with Crippen molar-refractivity contribution >= 4 is 23.4 Å². The summed E-state index contributed by atoms with van der Waals surface area (Å²) in [4.78, 5) is 11.8. The third-order valence-corrected chi connectivity index (χ3v) is 3.70. The van der Waals surface area contributed by atoms with Crippen LogP contribution in [0.25, 0.3) is 0 Å². The van der Waals surface area contributed by atoms with Gasteiger partial charge < -0.3 is 15.5 Å². The van der Waals surface area contributed by atoms with E-state index in [9.17, 15) is 9.90 Å². The van der Waals surface area contributed by atoms with Crippen molar-refractivity contribution in [2.75, 3.05) is 23.4 Å². The maximum Gasteiger partial charge on any atom is 0.234 e. The molecule has 0 aromatic heterocycles. The SMILES string of the molecule is CC(C)c1ccccc1NC(=O)CSCC(O)CO. The minimum absolute atomic E-state index is 0.0942. The Morgan fingerprint density at radius 3 is 2.68 bits per heavy atom. The van der Waals surface area contributed by atoms with Crippen molar-refractivity contribution in [3.8, 4) is 0 Å². The summed E-state index contributed by atoms with van der Waals surface area (Å²) in [7, 11) is 0. The lowest BCUT2D eigenvalue weighted by atomic mass is 10.0. The molecule has 1 unspecified atom stereocenters. The number of amides is 1. The molecule has 4 nitrogen and oxygen atoms in total. The molecule has 5 heteroatoms. The number of aliphatic hydroxyl groups excluding tert-OH is 2. The minimum atomic E-state index is -0.763. The van der Waals surface area contributed by atoms with Crippen LogP contribution in [-0.2, 0) is 4.79 Å². The largest absolute Gasteiger partial charge is 0.394 e. The van der Waals surface area contributed by atoms with Crippen molar-refractivity contribution < 1.29 is 15.0 Å². The average molecular weight is 283 g/mol. The number of nitrogens with one attached hydrogen (secondary N) is 1. The number of anilines is 1. The number of aliphatic hydroxyl groups is 2. The molecule has 0 bridgehead atoms. The smallest absolute Gasteiger partial charge is 0.234 e. The van der Waals surface area contributed by atoms with Gasteiger partial charge in [-0.05, 0) is 17.5 Å². The lowest BCUT2D eigenvalue weighted by Gasteiger charge is -2.13. The molecule has 0 aliphatic rings. The number of hydrogen-bond donors (Lipinski definition) is 3. The minimum Gasteiger partial charge on any atom is -0.394 e. The van der Waals surface area contributed by atoms with Crippen molar-refractivity contribution in [2.45, 2.75) is 25.9 Å². The molecular weight excluding hydrogens is 262 g/mol. The van der Waals surface area contributed by atoms with Gasteiger partial charge in [0.2, 0.25) is 5.91 Å². The highest BCUT2D eigenvalue weighted by atomic mass is 32.2. The fourth-order valence-corrected chi connectivity index (χ4v) is 2.39. The summed E-state index contributed by atoms with van der Waals surface area (Å²) >= 11 is 1.31. The van der Waals surface area contributed by atoms with E-state index in [1.807, 2.05) is 24.3 Å². The number of para-hydroxylation sites is 1. The van der Waals surface area contributed by atoms with Gasteiger partial charge in [0.05, 0.1) is 18.5 Å². The first-order valence-electron chi connectivity index (χ1n) is 6.30. The summed E-state index contributed by atoms with van der Waals surface area (Å²) in [5.74, 6) is 0.878. The first kappa shape index (κ1) is 16.0. The third-order valence-electron chi connectivity index (χ3n) is 2.61. The van der Waals surface area contributed by atoms with Gasteiger partial charge >= 0.3 is 0 Å². The molecule has 0 heterocycles. The van der Waals surface area contributed by atoms with E-state index in [1.54, 1.807) is 0 Å². The Balaban J connectivity index is 2.48. The molecule has 0 spiro atoms. The molecule has 0 saturated carbocycles. The highest BCUT2D eigenvalue weighted by Crippen LogP contribution is 2.23. The molecular formula is C14H21NO3S. The van der Waals surface area contributed by atoms with Crippen molar-refractivity contribution in [3.63, 3.8) is 0 Å². The summed E-state index contributed by atoms with van der Waals surface area (Å²) in [6, 6.07) is 7.74. The zero-order valence-corrected chi connectivity index (χ0v) is 12.1. The zero-order valence-electron chi connectivity index (χ0n) is 11.3. The van der Waals surface area contributed by atoms with Crippen molar-refractivity contribution in [3.05, 3.63) is 29.8 Å². The lowest BCUT2D eigenvalue weighted by molar-refractivity contribution is -0.113. The van der Waals surface area contributed by atoms with Crippen LogP contribution in [0.3, 0.4) is 0 Å². The standard InChI is InChI=1S/C14H21NO3S/c1-10(2)12-5-3-4-6-13(12)15-14(18)9-19-8-11(17)7-16/h3-6,10-11,16-17H,7-9H2,1-2H3,(H,15,18). The summed E-state index contributed by atoms with van der Waals surface area (Å²) in [5.41, 5.74) is 1.95. The van der Waals surface area contributed by atoms with Crippen molar-refractivity contribution in [1.82, 2.24) is 0 Å². The second-order valence-corrected chi connectivity index (χ2v) is 5.67. The molecule has 1 aromatic carbocycles. The Kier molecular flexibility index (Phi) is 6.91. The van der Waals surface area contributed by atoms with Crippen LogP contribution < -0.4 is 5.32 Å². The average Bonchev–Trinajstić information content (AvgIpc) is 2.38. The molecule has 1 aromatic rings. The molecule has 0 aliphatic carbocycles. The van der Waals surface area contributed by atoms with Crippen LogP contribution in [0.1, 0.15) is 25.3 Å². The van der Waals surface area contributed by atoms with Crippen LogP contribution >= 0.6 is 11.8 Å². The topological polar surface area (TPSA) is 69.6 Å². The monoisotopic (exact) mass is 283 g/mol. The molecule has 1 atom stereocenters. The van der Waals surface area contributed by atoms with Crippen LogP contribution in [0.15, 0.2) is 24.3 Å². The van der Waals surface area contributed by atoms with Gasteiger partial charge in [-0.15, -0.1) is 11.8 Å². The number of benzene rings is 1. The van der Waals surface area contributed by atoms with Crippen LogP contribution in [0.4, 0.5) is 5.69 Å². The molecule has 3 N–H and O–H groups in total. The molecule has 106 valence electrons. The van der Waals surface area contributed by atoms with E-state index in [0.29, 0.717) is 11.7 Å². The maximum atomic E-state index is 11.8. The Bertz CT molecular complexity index is 409. The quantitative estimate of drug-likeness (QED) is 0.714. The van der Waals surface area contributed by atoms with E-state index in [1.165, 1.54) is 11.8 Å². The number of carbonyl (C=O) groups excluding carboxylic acids is 1. The van der Waals surface area contributed by atoms with Crippen LogP contribution in [0.5, 0.6) is 0 Å². The molecule has 19 heavy (non-hydrogen) atoms. The molecule has 1 amide bonds. The van der Waals surface area contributed by atoms with E-state index >= 15 is 0 Å². The summed E-state index contributed by atoms with van der Waals surface area (Å²) in [6.45, 7) is 3.89. The van der Waals surface area contributed by atoms with Gasteiger partial charge in [-0.3, -0.25) is 4.79 Å². The van der Waals surface area contributed by atoms with Gasteiger partial charge in [-0.2, -0.15) is 0 Å². The van der Waals surface area contributed by atoms with Gasteiger partial charge in [0.15, 0.2) is 0 Å². The highest BCUT2D eigenvalue weighted by Gasteiger charge is 2.10. The summed E-state index contributed by atoms with van der Waals surface area (Å²) in [6.07, 6.45) is -0.763. The molecule has 0 fully saturated rings. The van der Waals surface area contributed by atoms with E-state index in [-0.39, 0.29) is 18.3 Å². The first-order valence-corrected chi connectivity index (χ1v) is 7.45. The van der Waals surface area contributed by atoms with Crippen LogP contribution in [-0.4, -0.2) is 40.3 Å². The predicted molar refractivity (Wildman–Crippen MR) is 79.6 cm³/mol. The second kappa shape index (κ2) is 8.19. The first-order chi connectivity index (χ1) is 9.04. The lowest BCUT2D eigenvalue weighted by Crippen LogP contribution is -2.19. The number of rotatable bonds is 7. The molecule has 0 saturated heterocycles. The van der Waals surface area contributed by atoms with Crippen molar-refractivity contribution in [2.24, 2.45) is 0 Å². The zero-order chi connectivity index (χ0) is 14.3. The summed E-state index contributed by atoms with van der Waals surface area (Å²) in [5, 5.41) is 20.7. The van der Waals surface area contributed by atoms with Crippen LogP contribution in [0.2, 0.25) is 0 Å². The molecule has 0 radical (unpaired) electrons. The second-order valence-electron chi connectivity index (χ2n) is 4.64. The van der Waals surface area contributed by atoms with Gasteiger partial charge in [0.1, 0.15) is 0 Å². The Morgan fingerprint density at radius 1 is 1.37 bits per heavy atom. The van der Waals surface area contributed by atoms with E-state index in [4.69, 9.17) is 5.11 Å². The van der Waals surface area contributed by atoms with Gasteiger partial charge in [-0.25, -0.2) is 0 Å². The maximum absolute atomic E-state index is 11.8. The number of carbonyl (C=O) groups is 1. The number of hydrogen-bond acceptors (Lipinski definition) is 4. The van der Waals surface area contributed by atoms with Gasteiger partial charge in [0, 0.05) is 11.4 Å². The van der Waals surface area contributed by atoms with E-state index in [2.05, 4.69) is 19.2 Å². The third kappa shape index (κ3) is 5.63. The Morgan fingerprint density at radius 2 is 2.05 bits per heavy atom. The highest BCUT2D eigenvalue weighted by molar-refractivity contribution is 8.00. The van der Waals surface area contributed by atoms with Gasteiger partial charge in [0.25, 0.3) is 0 Å². The molecule has 1 rings (SSSR count). The predicted octanol–water partition coefficient (Wildman–Crippen LogP) is 1.83. The summed E-state index contributed by atoms with van der Waals surface area (Å²) < 4.78 is 0. The van der Waals surface area contributed by atoms with E-state index in [0.717, 1.165) is 11.3 Å². The molecule has 0 aliphatic heterocycles. The Labute approximate surface area is 118 Å². The fourth-order valence-electron chi connectivity index (χ4n) is 1.64. The fraction of sp³-hybridized carbons (Fsp3) is 0.500. The van der Waals surface area contributed by atoms with Crippen molar-refractivity contribution in [1.29, 1.82) is 0 Å².